The molecule has 5 heteroatoms. The van der Waals surface area contributed by atoms with Gasteiger partial charge in [-0.25, -0.2) is 0 Å². The van der Waals surface area contributed by atoms with Gasteiger partial charge >= 0.3 is 6.01 Å². The van der Waals surface area contributed by atoms with E-state index in [1.165, 1.54) is 0 Å². The van der Waals surface area contributed by atoms with Crippen molar-refractivity contribution in [1.82, 2.24) is 10.2 Å². The fraction of sp³-hybridized carbons (Fsp3) is 0.0625. The van der Waals surface area contributed by atoms with Crippen molar-refractivity contribution in [1.29, 1.82) is 0 Å². The molecule has 1 aromatic heterocycles. The summed E-state index contributed by atoms with van der Waals surface area (Å²) in [6, 6.07) is 16.7. The van der Waals surface area contributed by atoms with Crippen LogP contribution in [0.15, 0.2) is 59.0 Å². The second kappa shape index (κ2) is 5.58. The molecule has 0 aliphatic carbocycles. The van der Waals surface area contributed by atoms with Crippen LogP contribution in [-0.4, -0.2) is 16.1 Å². The van der Waals surface area contributed by atoms with E-state index >= 15 is 0 Å². The van der Waals surface area contributed by atoms with Crippen molar-refractivity contribution in [3.05, 3.63) is 65.7 Å². The van der Waals surface area contributed by atoms with E-state index < -0.39 is 0 Å². The Bertz CT molecular complexity index is 749. The Morgan fingerprint density at radius 1 is 1.00 bits per heavy atom. The molecule has 0 atom stereocenters. The van der Waals surface area contributed by atoms with Crippen molar-refractivity contribution in [2.24, 2.45) is 0 Å². The van der Waals surface area contributed by atoms with Crippen molar-refractivity contribution in [2.45, 2.75) is 6.92 Å². The molecule has 0 aliphatic rings. The van der Waals surface area contributed by atoms with Gasteiger partial charge in [-0.15, -0.1) is 5.10 Å². The highest BCUT2D eigenvalue weighted by Crippen LogP contribution is 2.19. The molecule has 2 aromatic carbocycles. The Morgan fingerprint density at radius 2 is 1.71 bits per heavy atom. The molecule has 0 spiro atoms. The molecule has 0 bridgehead atoms. The van der Waals surface area contributed by atoms with E-state index in [1.54, 1.807) is 12.1 Å². The standard InChI is InChI=1S/C16H13N3O2/c1-11-7-9-12(10-8-11)14(20)17-16-19-18-15(21-16)13-5-3-2-4-6-13/h2-10H,1H3,(H,17,19,20). The van der Waals surface area contributed by atoms with Crippen molar-refractivity contribution in [2.75, 3.05) is 5.32 Å². The molecule has 1 N–H and O–H groups in total. The lowest BCUT2D eigenvalue weighted by molar-refractivity contribution is 0.102. The van der Waals surface area contributed by atoms with E-state index in [0.29, 0.717) is 11.5 Å². The van der Waals surface area contributed by atoms with E-state index in [4.69, 9.17) is 4.42 Å². The van der Waals surface area contributed by atoms with Crippen LogP contribution in [0.4, 0.5) is 6.01 Å². The van der Waals surface area contributed by atoms with Crippen LogP contribution in [0.2, 0.25) is 0 Å². The average molecular weight is 279 g/mol. The second-order valence-electron chi connectivity index (χ2n) is 4.60. The maximum Gasteiger partial charge on any atom is 0.322 e. The van der Waals surface area contributed by atoms with Gasteiger partial charge in [0.2, 0.25) is 5.89 Å². The Labute approximate surface area is 121 Å². The molecule has 0 unspecified atom stereocenters. The fourth-order valence-corrected chi connectivity index (χ4v) is 1.85. The lowest BCUT2D eigenvalue weighted by Crippen LogP contribution is -2.11. The van der Waals surface area contributed by atoms with Gasteiger partial charge in [0.15, 0.2) is 0 Å². The Balaban J connectivity index is 1.75. The Kier molecular flexibility index (Phi) is 3.47. The van der Waals surface area contributed by atoms with Crippen LogP contribution in [0, 0.1) is 6.92 Å². The van der Waals surface area contributed by atoms with Crippen LogP contribution in [0.5, 0.6) is 0 Å². The normalized spacial score (nSPS) is 10.3. The topological polar surface area (TPSA) is 68.0 Å². The van der Waals surface area contributed by atoms with Crippen LogP contribution < -0.4 is 5.32 Å². The number of hydrogen-bond acceptors (Lipinski definition) is 4. The van der Waals surface area contributed by atoms with Gasteiger partial charge in [-0.2, -0.15) is 0 Å². The molecule has 3 aromatic rings. The molecule has 0 saturated carbocycles. The number of aryl methyl sites for hydroxylation is 1. The SMILES string of the molecule is Cc1ccc(C(=O)Nc2nnc(-c3ccccc3)o2)cc1. The highest BCUT2D eigenvalue weighted by Gasteiger charge is 2.12. The van der Waals surface area contributed by atoms with Crippen LogP contribution in [0.3, 0.4) is 0 Å². The molecule has 0 radical (unpaired) electrons. The molecular weight excluding hydrogens is 266 g/mol. The number of nitrogens with one attached hydrogen (secondary N) is 1. The monoisotopic (exact) mass is 279 g/mol. The maximum absolute atomic E-state index is 12.0. The number of carbonyl (C=O) groups is 1. The smallest absolute Gasteiger partial charge is 0.322 e. The highest BCUT2D eigenvalue weighted by atomic mass is 16.4. The van der Waals surface area contributed by atoms with Crippen LogP contribution >= 0.6 is 0 Å². The summed E-state index contributed by atoms with van der Waals surface area (Å²) in [5.41, 5.74) is 2.44. The van der Waals surface area contributed by atoms with Gasteiger partial charge in [-0.1, -0.05) is 41.0 Å². The van der Waals surface area contributed by atoms with Crippen LogP contribution in [-0.2, 0) is 0 Å². The summed E-state index contributed by atoms with van der Waals surface area (Å²) in [4.78, 5) is 12.0. The summed E-state index contributed by atoms with van der Waals surface area (Å²) in [6.07, 6.45) is 0. The van der Waals surface area contributed by atoms with Gasteiger partial charge in [0, 0.05) is 11.1 Å². The predicted octanol–water partition coefficient (Wildman–Crippen LogP) is 3.30. The van der Waals surface area contributed by atoms with Crippen molar-refractivity contribution in [3.8, 4) is 11.5 Å². The molecule has 1 heterocycles. The number of benzene rings is 2. The summed E-state index contributed by atoms with van der Waals surface area (Å²) < 4.78 is 5.43. The molecule has 0 saturated heterocycles. The number of nitrogens with zero attached hydrogens (tertiary/aromatic N) is 2. The lowest BCUT2D eigenvalue weighted by atomic mass is 10.1. The molecule has 3 rings (SSSR count). The zero-order valence-corrected chi connectivity index (χ0v) is 11.4. The highest BCUT2D eigenvalue weighted by molar-refractivity contribution is 6.03. The predicted molar refractivity (Wildman–Crippen MR) is 78.9 cm³/mol. The summed E-state index contributed by atoms with van der Waals surface area (Å²) in [6.45, 7) is 1.96. The molecule has 21 heavy (non-hydrogen) atoms. The van der Waals surface area contributed by atoms with Crippen molar-refractivity contribution < 1.29 is 9.21 Å². The Hall–Kier alpha value is -2.95. The summed E-state index contributed by atoms with van der Waals surface area (Å²) in [7, 11) is 0. The quantitative estimate of drug-likeness (QED) is 0.798. The molecule has 1 amide bonds. The van der Waals surface area contributed by atoms with Crippen LogP contribution in [0.25, 0.3) is 11.5 Å². The molecule has 5 nitrogen and oxygen atoms in total. The number of anilines is 1. The maximum atomic E-state index is 12.0. The third-order valence-corrected chi connectivity index (χ3v) is 2.98. The van der Waals surface area contributed by atoms with Gasteiger partial charge in [-0.3, -0.25) is 10.1 Å². The number of carbonyl (C=O) groups excluding carboxylic acids is 1. The molecule has 104 valence electrons. The number of hydrogen-bond donors (Lipinski definition) is 1. The van der Waals surface area contributed by atoms with E-state index in [0.717, 1.165) is 11.1 Å². The van der Waals surface area contributed by atoms with Gasteiger partial charge < -0.3 is 4.42 Å². The zero-order chi connectivity index (χ0) is 14.7. The number of rotatable bonds is 3. The van der Waals surface area contributed by atoms with Gasteiger partial charge in [-0.05, 0) is 31.2 Å². The minimum atomic E-state index is -0.279. The first-order valence-electron chi connectivity index (χ1n) is 6.49. The Morgan fingerprint density at radius 3 is 2.43 bits per heavy atom. The van der Waals surface area contributed by atoms with E-state index in [1.807, 2.05) is 49.4 Å². The molecule has 0 aliphatic heterocycles. The summed E-state index contributed by atoms with van der Waals surface area (Å²) in [5, 5.41) is 10.3. The average Bonchev–Trinajstić information content (AvgIpc) is 2.97. The third kappa shape index (κ3) is 2.97. The van der Waals surface area contributed by atoms with E-state index in [2.05, 4.69) is 15.5 Å². The first-order chi connectivity index (χ1) is 10.2. The van der Waals surface area contributed by atoms with Crippen molar-refractivity contribution >= 4 is 11.9 Å². The second-order valence-corrected chi connectivity index (χ2v) is 4.60. The van der Waals surface area contributed by atoms with Gasteiger partial charge in [0.25, 0.3) is 5.91 Å². The number of aromatic nitrogens is 2. The minimum absolute atomic E-state index is 0.0828. The molecule has 0 fully saturated rings. The summed E-state index contributed by atoms with van der Waals surface area (Å²) in [5.74, 6) is 0.0908. The minimum Gasteiger partial charge on any atom is -0.403 e. The third-order valence-electron chi connectivity index (χ3n) is 2.98. The molecular formula is C16H13N3O2. The van der Waals surface area contributed by atoms with Gasteiger partial charge in [0.1, 0.15) is 0 Å². The first-order valence-corrected chi connectivity index (χ1v) is 6.49. The lowest BCUT2D eigenvalue weighted by Gasteiger charge is -2.00. The summed E-state index contributed by atoms with van der Waals surface area (Å²) >= 11 is 0. The van der Waals surface area contributed by atoms with Crippen molar-refractivity contribution in [3.63, 3.8) is 0 Å². The number of amides is 1. The van der Waals surface area contributed by atoms with E-state index in [-0.39, 0.29) is 11.9 Å². The van der Waals surface area contributed by atoms with Gasteiger partial charge in [0.05, 0.1) is 0 Å². The van der Waals surface area contributed by atoms with Crippen LogP contribution in [0.1, 0.15) is 15.9 Å². The first kappa shape index (κ1) is 13.1. The zero-order valence-electron chi connectivity index (χ0n) is 11.4. The fourth-order valence-electron chi connectivity index (χ4n) is 1.85. The van der Waals surface area contributed by atoms with E-state index in [9.17, 15) is 4.79 Å². The largest absolute Gasteiger partial charge is 0.403 e.